The molecular weight excluding hydrogens is 180 g/mol. The van der Waals surface area contributed by atoms with Crippen molar-refractivity contribution >= 4 is 0 Å². The largest absolute Gasteiger partial charge is 0.501 e. The molecule has 0 bridgehead atoms. The van der Waals surface area contributed by atoms with E-state index in [1.54, 1.807) is 6.26 Å². The first-order valence-corrected chi connectivity index (χ1v) is 5.22. The summed E-state index contributed by atoms with van der Waals surface area (Å²) in [6.45, 7) is 9.86. The van der Waals surface area contributed by atoms with Crippen LogP contribution < -0.4 is 0 Å². The van der Waals surface area contributed by atoms with Crippen molar-refractivity contribution in [3.63, 3.8) is 0 Å². The summed E-state index contributed by atoms with van der Waals surface area (Å²) in [6.07, 6.45) is 3.39. The van der Waals surface area contributed by atoms with Crippen LogP contribution >= 0.6 is 0 Å². The van der Waals surface area contributed by atoms with Crippen LogP contribution in [0.15, 0.2) is 12.3 Å². The highest BCUT2D eigenvalue weighted by atomic mass is 16.7. The molecule has 0 saturated heterocycles. The average Bonchev–Trinajstić information content (AvgIpc) is 2.18. The first-order chi connectivity index (χ1) is 6.76. The van der Waals surface area contributed by atoms with Gasteiger partial charge in [-0.15, -0.1) is 0 Å². The molecule has 14 heavy (non-hydrogen) atoms. The molecule has 0 spiro atoms. The molecule has 3 heteroatoms. The van der Waals surface area contributed by atoms with Crippen molar-refractivity contribution in [3.8, 4) is 0 Å². The quantitative estimate of drug-likeness (QED) is 0.447. The van der Waals surface area contributed by atoms with Crippen LogP contribution in [0.2, 0.25) is 0 Å². The standard InChI is InChI=1S/C11H22O3/c1-5-8-12-9-10(4)11(13-6-2)14-7-3/h5,8,10-11H,6-7,9H2,1-4H3. The summed E-state index contributed by atoms with van der Waals surface area (Å²) in [7, 11) is 0. The van der Waals surface area contributed by atoms with Crippen LogP contribution in [0, 0.1) is 5.92 Å². The Morgan fingerprint density at radius 2 is 1.71 bits per heavy atom. The Kier molecular flexibility index (Phi) is 8.68. The zero-order valence-corrected chi connectivity index (χ0v) is 9.66. The van der Waals surface area contributed by atoms with Gasteiger partial charge in [-0.25, -0.2) is 0 Å². The molecule has 0 amide bonds. The van der Waals surface area contributed by atoms with E-state index in [9.17, 15) is 0 Å². The van der Waals surface area contributed by atoms with Gasteiger partial charge in [0.2, 0.25) is 0 Å². The predicted molar refractivity (Wildman–Crippen MR) is 57.0 cm³/mol. The van der Waals surface area contributed by atoms with Crippen molar-refractivity contribution in [1.82, 2.24) is 0 Å². The van der Waals surface area contributed by atoms with Crippen molar-refractivity contribution < 1.29 is 14.2 Å². The minimum Gasteiger partial charge on any atom is -0.501 e. The molecule has 3 nitrogen and oxygen atoms in total. The highest BCUT2D eigenvalue weighted by Crippen LogP contribution is 2.10. The lowest BCUT2D eigenvalue weighted by atomic mass is 10.2. The normalized spacial score (nSPS) is 13.8. The Labute approximate surface area is 87.0 Å². The second kappa shape index (κ2) is 9.03. The minimum atomic E-state index is -0.157. The minimum absolute atomic E-state index is 0.157. The van der Waals surface area contributed by atoms with Gasteiger partial charge in [-0.2, -0.15) is 0 Å². The zero-order chi connectivity index (χ0) is 10.8. The molecule has 0 aliphatic carbocycles. The van der Waals surface area contributed by atoms with E-state index in [1.165, 1.54) is 0 Å². The molecule has 0 radical (unpaired) electrons. The van der Waals surface area contributed by atoms with E-state index in [-0.39, 0.29) is 12.2 Å². The van der Waals surface area contributed by atoms with Crippen LogP contribution in [0.1, 0.15) is 27.7 Å². The van der Waals surface area contributed by atoms with E-state index < -0.39 is 0 Å². The molecule has 0 rings (SSSR count). The van der Waals surface area contributed by atoms with Crippen LogP contribution in [0.5, 0.6) is 0 Å². The van der Waals surface area contributed by atoms with Gasteiger partial charge in [-0.3, -0.25) is 0 Å². The van der Waals surface area contributed by atoms with Gasteiger partial charge in [0, 0.05) is 19.1 Å². The smallest absolute Gasteiger partial charge is 0.163 e. The molecule has 0 fully saturated rings. The molecule has 0 N–H and O–H groups in total. The molecule has 0 aromatic carbocycles. The molecular formula is C11H22O3. The lowest BCUT2D eigenvalue weighted by Gasteiger charge is -2.22. The third-order valence-corrected chi connectivity index (χ3v) is 1.72. The Bertz CT molecular complexity index is 139. The Morgan fingerprint density at radius 1 is 1.14 bits per heavy atom. The summed E-state index contributed by atoms with van der Waals surface area (Å²) < 4.78 is 16.2. The van der Waals surface area contributed by atoms with Crippen molar-refractivity contribution in [2.75, 3.05) is 19.8 Å². The highest BCUT2D eigenvalue weighted by molar-refractivity contribution is 4.67. The van der Waals surface area contributed by atoms with E-state index in [4.69, 9.17) is 14.2 Å². The number of hydrogen-bond acceptors (Lipinski definition) is 3. The Balaban J connectivity index is 3.80. The first kappa shape index (κ1) is 13.5. The van der Waals surface area contributed by atoms with Gasteiger partial charge in [-0.1, -0.05) is 13.0 Å². The molecule has 0 aromatic heterocycles. The maximum absolute atomic E-state index is 5.45. The van der Waals surface area contributed by atoms with Crippen molar-refractivity contribution in [2.45, 2.75) is 34.0 Å². The number of allylic oxidation sites excluding steroid dienone is 1. The van der Waals surface area contributed by atoms with Crippen LogP contribution in [0.25, 0.3) is 0 Å². The predicted octanol–water partition coefficient (Wildman–Crippen LogP) is 2.57. The summed E-state index contributed by atoms with van der Waals surface area (Å²) in [5, 5.41) is 0. The lowest BCUT2D eigenvalue weighted by Crippen LogP contribution is -2.28. The zero-order valence-electron chi connectivity index (χ0n) is 9.66. The Morgan fingerprint density at radius 3 is 2.14 bits per heavy atom. The highest BCUT2D eigenvalue weighted by Gasteiger charge is 2.17. The van der Waals surface area contributed by atoms with Crippen LogP contribution in [0.4, 0.5) is 0 Å². The molecule has 1 unspecified atom stereocenters. The first-order valence-electron chi connectivity index (χ1n) is 5.22. The van der Waals surface area contributed by atoms with Crippen LogP contribution in [-0.4, -0.2) is 26.1 Å². The maximum Gasteiger partial charge on any atom is 0.163 e. The number of ether oxygens (including phenoxy) is 3. The van der Waals surface area contributed by atoms with Gasteiger partial charge < -0.3 is 14.2 Å². The lowest BCUT2D eigenvalue weighted by molar-refractivity contribution is -0.170. The van der Waals surface area contributed by atoms with Gasteiger partial charge in [0.15, 0.2) is 6.29 Å². The van der Waals surface area contributed by atoms with E-state index in [0.29, 0.717) is 19.8 Å². The van der Waals surface area contributed by atoms with E-state index >= 15 is 0 Å². The van der Waals surface area contributed by atoms with E-state index in [1.807, 2.05) is 26.8 Å². The fourth-order valence-electron chi connectivity index (χ4n) is 1.09. The second-order valence-corrected chi connectivity index (χ2v) is 3.06. The molecule has 0 saturated carbocycles. The number of rotatable bonds is 8. The van der Waals surface area contributed by atoms with Gasteiger partial charge in [0.1, 0.15) is 0 Å². The summed E-state index contributed by atoms with van der Waals surface area (Å²) >= 11 is 0. The maximum atomic E-state index is 5.45. The van der Waals surface area contributed by atoms with Gasteiger partial charge >= 0.3 is 0 Å². The third-order valence-electron chi connectivity index (χ3n) is 1.72. The molecule has 84 valence electrons. The number of hydrogen-bond donors (Lipinski definition) is 0. The molecule has 0 heterocycles. The van der Waals surface area contributed by atoms with Crippen LogP contribution in [0.3, 0.4) is 0 Å². The Hall–Kier alpha value is -0.540. The average molecular weight is 202 g/mol. The molecule has 0 aliphatic rings. The fourth-order valence-corrected chi connectivity index (χ4v) is 1.09. The topological polar surface area (TPSA) is 27.7 Å². The summed E-state index contributed by atoms with van der Waals surface area (Å²) in [6, 6.07) is 0. The second-order valence-electron chi connectivity index (χ2n) is 3.06. The summed E-state index contributed by atoms with van der Waals surface area (Å²) in [5.74, 6) is 0.242. The fraction of sp³-hybridized carbons (Fsp3) is 0.818. The molecule has 0 aromatic rings. The summed E-state index contributed by atoms with van der Waals surface area (Å²) in [5.41, 5.74) is 0. The van der Waals surface area contributed by atoms with Gasteiger partial charge in [0.25, 0.3) is 0 Å². The van der Waals surface area contributed by atoms with E-state index in [0.717, 1.165) is 0 Å². The third kappa shape index (κ3) is 6.00. The monoisotopic (exact) mass is 202 g/mol. The van der Waals surface area contributed by atoms with E-state index in [2.05, 4.69) is 6.92 Å². The van der Waals surface area contributed by atoms with Crippen molar-refractivity contribution in [3.05, 3.63) is 12.3 Å². The SMILES string of the molecule is CC=COCC(C)C(OCC)OCC. The van der Waals surface area contributed by atoms with Gasteiger partial charge in [-0.05, 0) is 20.8 Å². The molecule has 0 aliphatic heterocycles. The van der Waals surface area contributed by atoms with Crippen molar-refractivity contribution in [1.29, 1.82) is 0 Å². The summed E-state index contributed by atoms with van der Waals surface area (Å²) in [4.78, 5) is 0. The molecule has 1 atom stereocenters. The van der Waals surface area contributed by atoms with Crippen molar-refractivity contribution in [2.24, 2.45) is 5.92 Å². The van der Waals surface area contributed by atoms with Crippen LogP contribution in [-0.2, 0) is 14.2 Å². The van der Waals surface area contributed by atoms with Gasteiger partial charge in [0.05, 0.1) is 12.9 Å².